The Morgan fingerprint density at radius 1 is 0.492 bits per heavy atom. The summed E-state index contributed by atoms with van der Waals surface area (Å²) in [5, 5.41) is 26.1. The number of amides is 2. The van der Waals surface area contributed by atoms with Crippen LogP contribution >= 0.6 is 0 Å². The third kappa shape index (κ3) is 9.31. The number of ether oxygens (including phenoxy) is 2. The van der Waals surface area contributed by atoms with Crippen molar-refractivity contribution < 1.29 is 44.3 Å². The highest BCUT2D eigenvalue weighted by atomic mass is 16.6. The van der Waals surface area contributed by atoms with Crippen molar-refractivity contribution in [1.29, 1.82) is 0 Å². The first-order valence-electron chi connectivity index (χ1n) is 21.0. The Morgan fingerprint density at radius 3 is 1.31 bits per heavy atom. The second-order valence-electron chi connectivity index (χ2n) is 15.9. The first-order valence-corrected chi connectivity index (χ1v) is 21.0. The van der Waals surface area contributed by atoms with Crippen molar-refractivity contribution in [2.75, 3.05) is 0 Å². The van der Waals surface area contributed by atoms with Crippen molar-refractivity contribution in [3.05, 3.63) is 190 Å². The number of rotatable bonds is 12. The monoisotopic (exact) mass is 870 g/mol. The Bertz CT molecular complexity index is 2860. The number of benzene rings is 6. The minimum Gasteiger partial charge on any atom is -0.480 e. The van der Waals surface area contributed by atoms with Gasteiger partial charge in [0.1, 0.15) is 25.3 Å². The molecule has 13 heteroatoms. The van der Waals surface area contributed by atoms with E-state index < -0.39 is 36.2 Å². The molecule has 2 amide bonds. The van der Waals surface area contributed by atoms with Crippen LogP contribution in [-0.4, -0.2) is 61.9 Å². The molecule has 2 heterocycles. The van der Waals surface area contributed by atoms with E-state index in [-0.39, 0.29) is 31.5 Å². The van der Waals surface area contributed by atoms with Crippen LogP contribution in [0.25, 0.3) is 44.1 Å². The van der Waals surface area contributed by atoms with Crippen molar-refractivity contribution in [2.24, 2.45) is 0 Å². The number of carboxylic acids is 2. The molecule has 10 rings (SSSR count). The summed E-state index contributed by atoms with van der Waals surface area (Å²) in [4.78, 5) is 54.7. The summed E-state index contributed by atoms with van der Waals surface area (Å²) in [6, 6.07) is 41.6. The van der Waals surface area contributed by atoms with Gasteiger partial charge in [0.15, 0.2) is 0 Å². The zero-order valence-corrected chi connectivity index (χ0v) is 35.1. The summed E-state index contributed by atoms with van der Waals surface area (Å²) in [5.74, 6) is -2.22. The molecular weight excluding hydrogens is 825 g/mol. The topological polar surface area (TPSA) is 214 Å². The van der Waals surface area contributed by atoms with Gasteiger partial charge in [0.05, 0.1) is 0 Å². The number of aliphatic carboxylic acids is 2. The summed E-state index contributed by atoms with van der Waals surface area (Å²) < 4.78 is 10.8. The minimum atomic E-state index is -1.11. The zero-order chi connectivity index (χ0) is 44.2. The van der Waals surface area contributed by atoms with Gasteiger partial charge in [-0.15, -0.1) is 0 Å². The highest BCUT2D eigenvalue weighted by Crippen LogP contribution is 2.39. The Kier molecular flexibility index (Phi) is 12.8. The molecule has 2 aromatic heterocycles. The third-order valence-corrected chi connectivity index (χ3v) is 12.0. The van der Waals surface area contributed by atoms with Crippen LogP contribution in [0.2, 0.25) is 0 Å². The van der Waals surface area contributed by atoms with Crippen LogP contribution in [-0.2, 0) is 58.0 Å². The van der Waals surface area contributed by atoms with E-state index in [0.29, 0.717) is 0 Å². The minimum absolute atomic E-state index is 0. The fraction of sp³-hybridized carbons (Fsp3) is 0.154. The lowest BCUT2D eigenvalue weighted by molar-refractivity contribution is -0.140. The number of H-pyrrole nitrogens is 2. The third-order valence-electron chi connectivity index (χ3n) is 12.0. The Morgan fingerprint density at radius 2 is 0.877 bits per heavy atom. The van der Waals surface area contributed by atoms with Gasteiger partial charge in [-0.3, -0.25) is 0 Å². The van der Waals surface area contributed by atoms with Gasteiger partial charge in [0.25, 0.3) is 0 Å². The number of hydrogen-bond acceptors (Lipinski definition) is 6. The number of fused-ring (bicyclic) bond motifs is 8. The molecule has 0 bridgehead atoms. The zero-order valence-electron chi connectivity index (χ0n) is 35.1. The average Bonchev–Trinajstić information content (AvgIpc) is 4.11. The number of hydrogen-bond donors (Lipinski definition) is 6. The van der Waals surface area contributed by atoms with E-state index >= 15 is 0 Å². The molecule has 0 radical (unpaired) electrons. The maximum Gasteiger partial charge on any atom is 0.408 e. The van der Waals surface area contributed by atoms with E-state index in [1.165, 1.54) is 22.3 Å². The van der Waals surface area contributed by atoms with Crippen molar-refractivity contribution in [3.8, 4) is 22.3 Å². The lowest BCUT2D eigenvalue weighted by Gasteiger charge is -2.15. The first-order chi connectivity index (χ1) is 31.2. The van der Waals surface area contributed by atoms with Crippen molar-refractivity contribution in [3.63, 3.8) is 0 Å². The summed E-state index contributed by atoms with van der Waals surface area (Å²) in [6.07, 6.45) is 3.97. The number of alkyl carbamates (subject to hydrolysis) is 2. The van der Waals surface area contributed by atoms with Crippen LogP contribution in [0.4, 0.5) is 9.59 Å². The van der Waals surface area contributed by atoms with Gasteiger partial charge in [-0.25, -0.2) is 19.2 Å². The summed E-state index contributed by atoms with van der Waals surface area (Å²) >= 11 is 0. The van der Waals surface area contributed by atoms with Gasteiger partial charge in [-0.1, -0.05) is 121 Å². The summed E-state index contributed by atoms with van der Waals surface area (Å²) in [7, 11) is 0. The molecule has 0 saturated carbocycles. The predicted molar refractivity (Wildman–Crippen MR) is 246 cm³/mol. The number of nitrogens with one attached hydrogen (secondary N) is 4. The number of carbonyl (C=O) groups excluding carboxylic acids is 2. The molecule has 8 aromatic rings. The lowest BCUT2D eigenvalue weighted by Crippen LogP contribution is -2.42. The molecule has 2 aliphatic rings. The van der Waals surface area contributed by atoms with Crippen LogP contribution in [0.3, 0.4) is 0 Å². The average molecular weight is 871 g/mol. The second kappa shape index (κ2) is 19.1. The standard InChI is InChI=1S/2C26H22N2O4.H2O/c2*29-25(30)24(13-18-14-27-23-11-4-3-9-20(18)23)28-26(31)32-15-17-7-5-10-21-19-8-2-1-6-16(19)12-22(17)21;/h2*1-11,14,24,27H,12-13,15H2,(H,28,31)(H,29,30);1H2. The van der Waals surface area contributed by atoms with Crippen LogP contribution in [0.5, 0.6) is 0 Å². The molecule has 8 N–H and O–H groups in total. The SMILES string of the molecule is O.O=C(NC(Cc1c[nH]c2ccccc12)C(=O)O)OCc1cccc2c1Cc1ccccc1-2.O=C(NC(Cc1c[nH]c2ccccc12)C(=O)O)OCc1cccc2c1Cc1ccccc1-2. The highest BCUT2D eigenvalue weighted by molar-refractivity contribution is 5.87. The Hall–Kier alpha value is -8.16. The van der Waals surface area contributed by atoms with E-state index in [0.717, 1.165) is 79.2 Å². The quantitative estimate of drug-likeness (QED) is 0.0698. The smallest absolute Gasteiger partial charge is 0.408 e. The van der Waals surface area contributed by atoms with Gasteiger partial charge in [-0.2, -0.15) is 0 Å². The molecule has 0 saturated heterocycles. The molecule has 13 nitrogen and oxygen atoms in total. The summed E-state index contributed by atoms with van der Waals surface area (Å²) in [5.41, 5.74) is 14.9. The molecule has 2 atom stereocenters. The van der Waals surface area contributed by atoms with Crippen LogP contribution < -0.4 is 10.6 Å². The lowest BCUT2D eigenvalue weighted by atomic mass is 10.0. The fourth-order valence-corrected chi connectivity index (χ4v) is 8.81. The largest absolute Gasteiger partial charge is 0.480 e. The van der Waals surface area contributed by atoms with Gasteiger partial charge >= 0.3 is 24.1 Å². The predicted octanol–water partition coefficient (Wildman–Crippen LogP) is 8.50. The number of para-hydroxylation sites is 2. The molecule has 0 fully saturated rings. The van der Waals surface area contributed by atoms with Crippen LogP contribution in [0.15, 0.2) is 146 Å². The second-order valence-corrected chi connectivity index (χ2v) is 15.9. The van der Waals surface area contributed by atoms with Crippen LogP contribution in [0, 0.1) is 0 Å². The number of aromatic amines is 2. The fourth-order valence-electron chi connectivity index (χ4n) is 8.81. The van der Waals surface area contributed by atoms with Crippen molar-refractivity contribution in [1.82, 2.24) is 20.6 Å². The normalized spacial score (nSPS) is 12.6. The van der Waals surface area contributed by atoms with E-state index in [2.05, 4.69) is 57.0 Å². The van der Waals surface area contributed by atoms with Gasteiger partial charge in [0.2, 0.25) is 0 Å². The van der Waals surface area contributed by atoms with Gasteiger partial charge in [-0.05, 0) is 91.7 Å². The molecular formula is C52H46N4O9. The van der Waals surface area contributed by atoms with Crippen molar-refractivity contribution >= 4 is 45.9 Å². The van der Waals surface area contributed by atoms with E-state index in [1.807, 2.05) is 97.1 Å². The van der Waals surface area contributed by atoms with Crippen LogP contribution in [0.1, 0.15) is 44.5 Å². The molecule has 6 aromatic carbocycles. The highest BCUT2D eigenvalue weighted by Gasteiger charge is 2.26. The summed E-state index contributed by atoms with van der Waals surface area (Å²) in [6.45, 7) is 0.171. The molecule has 0 aliphatic heterocycles. The molecule has 65 heavy (non-hydrogen) atoms. The molecule has 0 spiro atoms. The van der Waals surface area contributed by atoms with E-state index in [1.54, 1.807) is 12.4 Å². The first kappa shape index (κ1) is 43.5. The Balaban J connectivity index is 0.000000175. The van der Waals surface area contributed by atoms with E-state index in [4.69, 9.17) is 9.47 Å². The maximum atomic E-state index is 12.4. The molecule has 2 aliphatic carbocycles. The number of aromatic nitrogens is 2. The molecule has 328 valence electrons. The molecule has 2 unspecified atom stereocenters. The number of carboxylic acid groups (broad SMARTS) is 2. The van der Waals surface area contributed by atoms with Crippen molar-refractivity contribution in [2.45, 2.75) is 51.0 Å². The Labute approximate surface area is 373 Å². The van der Waals surface area contributed by atoms with Gasteiger partial charge in [0, 0.05) is 47.0 Å². The van der Waals surface area contributed by atoms with Gasteiger partial charge < -0.3 is 45.8 Å². The maximum absolute atomic E-state index is 12.4. The number of carbonyl (C=O) groups is 4. The van der Waals surface area contributed by atoms with E-state index in [9.17, 15) is 29.4 Å².